The summed E-state index contributed by atoms with van der Waals surface area (Å²) in [6.45, 7) is 1.08. The maximum absolute atomic E-state index is 12.8. The van der Waals surface area contributed by atoms with Gasteiger partial charge in [0.25, 0.3) is 5.91 Å². The number of amides is 1. The predicted octanol–water partition coefficient (Wildman–Crippen LogP) is 1.73. The third-order valence-corrected chi connectivity index (χ3v) is 6.03. The Labute approximate surface area is 132 Å². The number of nitrogens with zero attached hydrogens (tertiary/aromatic N) is 2. The van der Waals surface area contributed by atoms with Crippen LogP contribution in [0.1, 0.15) is 47.1 Å². The Bertz CT molecular complexity index is 627. The number of carbonyl (C=O) groups is 2. The molecule has 3 aliphatic rings. The van der Waals surface area contributed by atoms with E-state index in [1.807, 2.05) is 5.38 Å². The number of aliphatic carboxylic acids is 1. The zero-order chi connectivity index (χ0) is 15.3. The highest BCUT2D eigenvalue weighted by Crippen LogP contribution is 2.43. The number of hydrogen-bond donors (Lipinski definition) is 1. The van der Waals surface area contributed by atoms with Gasteiger partial charge in [-0.25, -0.2) is 4.98 Å². The van der Waals surface area contributed by atoms with Crippen LogP contribution in [0.5, 0.6) is 0 Å². The van der Waals surface area contributed by atoms with Gasteiger partial charge in [0.15, 0.2) is 0 Å². The van der Waals surface area contributed by atoms with Crippen molar-refractivity contribution in [3.05, 3.63) is 16.1 Å². The molecule has 7 heteroatoms. The van der Waals surface area contributed by atoms with Crippen molar-refractivity contribution in [3.8, 4) is 0 Å². The molecule has 1 amide bonds. The number of ether oxygens (including phenoxy) is 1. The number of rotatable bonds is 3. The highest BCUT2D eigenvalue weighted by atomic mass is 32.1. The van der Waals surface area contributed by atoms with E-state index in [1.54, 1.807) is 4.90 Å². The lowest BCUT2D eigenvalue weighted by Gasteiger charge is -2.41. The summed E-state index contributed by atoms with van der Waals surface area (Å²) in [7, 11) is 0. The fourth-order valence-electron chi connectivity index (χ4n) is 3.56. The Morgan fingerprint density at radius 3 is 3.00 bits per heavy atom. The van der Waals surface area contributed by atoms with E-state index in [4.69, 9.17) is 4.74 Å². The second-order valence-electron chi connectivity index (χ2n) is 6.44. The lowest BCUT2D eigenvalue weighted by molar-refractivity contribution is -0.153. The van der Waals surface area contributed by atoms with Crippen LogP contribution in [0.25, 0.3) is 0 Å². The van der Waals surface area contributed by atoms with E-state index in [1.165, 1.54) is 11.3 Å². The molecule has 3 heterocycles. The van der Waals surface area contributed by atoms with Crippen LogP contribution >= 0.6 is 11.3 Å². The largest absolute Gasteiger partial charge is 0.481 e. The summed E-state index contributed by atoms with van der Waals surface area (Å²) >= 11 is 1.54. The summed E-state index contributed by atoms with van der Waals surface area (Å²) in [5.74, 6) is -0.478. The molecule has 0 radical (unpaired) electrons. The van der Waals surface area contributed by atoms with Gasteiger partial charge in [-0.05, 0) is 25.7 Å². The van der Waals surface area contributed by atoms with Gasteiger partial charge in [-0.15, -0.1) is 11.3 Å². The zero-order valence-corrected chi connectivity index (χ0v) is 13.0. The molecule has 6 nitrogen and oxygen atoms in total. The number of carboxylic acids is 1. The standard InChI is InChI=1S/C15H18N2O4S/c18-13(10-7-22-12(16-10)9-2-3-9)17-5-1-4-15(14(19)20)8-21-6-11(15)17/h7,9,11H,1-6,8H2,(H,19,20)/t11-,15+/m0/s1. The van der Waals surface area contributed by atoms with Crippen LogP contribution in [0.4, 0.5) is 0 Å². The number of fused-ring (bicyclic) bond motifs is 1. The molecule has 22 heavy (non-hydrogen) atoms. The van der Waals surface area contributed by atoms with Gasteiger partial charge in [-0.3, -0.25) is 9.59 Å². The van der Waals surface area contributed by atoms with Gasteiger partial charge in [0.05, 0.1) is 24.3 Å². The molecule has 0 bridgehead atoms. The Hall–Kier alpha value is -1.47. The lowest BCUT2D eigenvalue weighted by Crippen LogP contribution is -2.57. The molecule has 2 saturated heterocycles. The Balaban J connectivity index is 1.60. The minimum Gasteiger partial charge on any atom is -0.481 e. The van der Waals surface area contributed by atoms with Crippen LogP contribution in [0.3, 0.4) is 0 Å². The van der Waals surface area contributed by atoms with E-state index in [0.29, 0.717) is 37.6 Å². The molecule has 2 atom stereocenters. The van der Waals surface area contributed by atoms with Gasteiger partial charge < -0.3 is 14.7 Å². The van der Waals surface area contributed by atoms with Crippen molar-refractivity contribution in [2.45, 2.75) is 37.6 Å². The number of piperidine rings is 1. The zero-order valence-electron chi connectivity index (χ0n) is 12.2. The molecule has 118 valence electrons. The van der Waals surface area contributed by atoms with E-state index in [9.17, 15) is 14.7 Å². The van der Waals surface area contributed by atoms with Crippen LogP contribution in [0, 0.1) is 5.41 Å². The van der Waals surface area contributed by atoms with E-state index >= 15 is 0 Å². The van der Waals surface area contributed by atoms with Crippen molar-refractivity contribution in [3.63, 3.8) is 0 Å². The van der Waals surface area contributed by atoms with Crippen LogP contribution in [-0.2, 0) is 9.53 Å². The number of hydrogen-bond acceptors (Lipinski definition) is 5. The summed E-state index contributed by atoms with van der Waals surface area (Å²) in [5.41, 5.74) is -0.483. The number of thiazole rings is 1. The highest BCUT2D eigenvalue weighted by molar-refractivity contribution is 7.10. The minimum absolute atomic E-state index is 0.149. The molecule has 2 aliphatic heterocycles. The first-order valence-corrected chi connectivity index (χ1v) is 8.57. The normalized spacial score (nSPS) is 31.1. The summed E-state index contributed by atoms with van der Waals surface area (Å²) < 4.78 is 5.43. The van der Waals surface area contributed by atoms with Crippen molar-refractivity contribution in [1.29, 1.82) is 0 Å². The molecule has 0 spiro atoms. The summed E-state index contributed by atoms with van der Waals surface area (Å²) in [5, 5.41) is 12.5. The maximum Gasteiger partial charge on any atom is 0.314 e. The molecule has 1 N–H and O–H groups in total. The Morgan fingerprint density at radius 2 is 2.27 bits per heavy atom. The number of carboxylic acid groups (broad SMARTS) is 1. The number of carbonyl (C=O) groups excluding carboxylic acids is 1. The molecular weight excluding hydrogens is 304 g/mol. The molecule has 3 fully saturated rings. The average molecular weight is 322 g/mol. The molecule has 1 aliphatic carbocycles. The number of aromatic nitrogens is 1. The van der Waals surface area contributed by atoms with Crippen molar-refractivity contribution >= 4 is 23.2 Å². The van der Waals surface area contributed by atoms with Crippen molar-refractivity contribution in [1.82, 2.24) is 9.88 Å². The topological polar surface area (TPSA) is 79.7 Å². The second-order valence-corrected chi connectivity index (χ2v) is 7.33. The maximum atomic E-state index is 12.8. The minimum atomic E-state index is -0.941. The highest BCUT2D eigenvalue weighted by Gasteiger charge is 2.55. The average Bonchev–Trinajstić information content (AvgIpc) is 3.08. The van der Waals surface area contributed by atoms with Crippen LogP contribution in [0.2, 0.25) is 0 Å². The van der Waals surface area contributed by atoms with Gasteiger partial charge in [0.1, 0.15) is 11.1 Å². The van der Waals surface area contributed by atoms with E-state index in [2.05, 4.69) is 4.98 Å². The van der Waals surface area contributed by atoms with E-state index in [0.717, 1.165) is 17.8 Å². The summed E-state index contributed by atoms with van der Waals surface area (Å²) in [6.07, 6.45) is 3.57. The van der Waals surface area contributed by atoms with Crippen LogP contribution in [0.15, 0.2) is 5.38 Å². The van der Waals surface area contributed by atoms with Gasteiger partial charge in [0.2, 0.25) is 0 Å². The van der Waals surface area contributed by atoms with Gasteiger partial charge in [-0.2, -0.15) is 0 Å². The van der Waals surface area contributed by atoms with Crippen molar-refractivity contribution in [2.24, 2.45) is 5.41 Å². The molecule has 1 aromatic heterocycles. The fourth-order valence-corrected chi connectivity index (χ4v) is 4.53. The van der Waals surface area contributed by atoms with Crippen molar-refractivity contribution in [2.75, 3.05) is 19.8 Å². The molecule has 1 aromatic rings. The smallest absolute Gasteiger partial charge is 0.314 e. The quantitative estimate of drug-likeness (QED) is 0.916. The molecule has 1 saturated carbocycles. The molecule has 4 rings (SSSR count). The first-order valence-electron chi connectivity index (χ1n) is 7.69. The third-order valence-electron chi connectivity index (χ3n) is 5.03. The van der Waals surface area contributed by atoms with Gasteiger partial charge in [-0.1, -0.05) is 0 Å². The predicted molar refractivity (Wildman–Crippen MR) is 79.0 cm³/mol. The van der Waals surface area contributed by atoms with Crippen LogP contribution < -0.4 is 0 Å². The summed E-state index contributed by atoms with van der Waals surface area (Å²) in [6, 6.07) is -0.377. The third kappa shape index (κ3) is 2.06. The van der Waals surface area contributed by atoms with Crippen LogP contribution in [-0.4, -0.2) is 52.7 Å². The molecular formula is C15H18N2O4S. The fraction of sp³-hybridized carbons (Fsp3) is 0.667. The van der Waals surface area contributed by atoms with E-state index < -0.39 is 11.4 Å². The Morgan fingerprint density at radius 1 is 1.45 bits per heavy atom. The van der Waals surface area contributed by atoms with E-state index in [-0.39, 0.29) is 18.6 Å². The van der Waals surface area contributed by atoms with Gasteiger partial charge >= 0.3 is 5.97 Å². The second kappa shape index (κ2) is 5.03. The first-order chi connectivity index (χ1) is 10.6. The number of likely N-dealkylation sites (tertiary alicyclic amines) is 1. The van der Waals surface area contributed by atoms with Crippen molar-refractivity contribution < 1.29 is 19.4 Å². The Kier molecular flexibility index (Phi) is 3.23. The first kappa shape index (κ1) is 14.1. The molecule has 0 unspecified atom stereocenters. The SMILES string of the molecule is O=C(c1csc(C2CC2)n1)N1CCC[C@@]2(C(=O)O)COC[C@H]12. The monoisotopic (exact) mass is 322 g/mol. The molecule has 0 aromatic carbocycles. The summed E-state index contributed by atoms with van der Waals surface area (Å²) in [4.78, 5) is 30.7. The van der Waals surface area contributed by atoms with Gasteiger partial charge in [0, 0.05) is 17.8 Å². The lowest BCUT2D eigenvalue weighted by atomic mass is 9.75.